The molecule has 92 valence electrons. The van der Waals surface area contributed by atoms with Crippen LogP contribution >= 0.6 is 0 Å². The Morgan fingerprint density at radius 3 is 2.40 bits per heavy atom. The average Bonchev–Trinajstić information content (AvgIpc) is 2.26. The molecule has 0 radical (unpaired) electrons. The van der Waals surface area contributed by atoms with Crippen molar-refractivity contribution in [1.29, 1.82) is 0 Å². The fourth-order valence-corrected chi connectivity index (χ4v) is 1.54. The molecule has 0 saturated carbocycles. The highest BCUT2D eigenvalue weighted by Crippen LogP contribution is 2.02. The molecule has 2 heteroatoms. The van der Waals surface area contributed by atoms with Crippen molar-refractivity contribution < 1.29 is 4.74 Å². The summed E-state index contributed by atoms with van der Waals surface area (Å²) in [6, 6.07) is 0. The smallest absolute Gasteiger partial charge is 0.0696 e. The average molecular weight is 215 g/mol. The first kappa shape index (κ1) is 14.9. The molecule has 0 saturated heterocycles. The Morgan fingerprint density at radius 1 is 1.00 bits per heavy atom. The van der Waals surface area contributed by atoms with Crippen LogP contribution in [-0.4, -0.2) is 25.8 Å². The normalized spacial score (nSPS) is 13.0. The monoisotopic (exact) mass is 215 g/mol. The van der Waals surface area contributed by atoms with E-state index in [1.54, 1.807) is 0 Å². The molecule has 0 aromatic carbocycles. The Bertz CT molecular complexity index is 117. The molecule has 0 aromatic rings. The number of hydrogen-bond acceptors (Lipinski definition) is 2. The van der Waals surface area contributed by atoms with Crippen molar-refractivity contribution >= 4 is 0 Å². The molecule has 0 aliphatic carbocycles. The third kappa shape index (κ3) is 10.2. The van der Waals surface area contributed by atoms with Gasteiger partial charge in [0.15, 0.2) is 0 Å². The fourth-order valence-electron chi connectivity index (χ4n) is 1.54. The molecule has 0 rings (SSSR count). The lowest BCUT2D eigenvalue weighted by atomic mass is 10.2. The van der Waals surface area contributed by atoms with Gasteiger partial charge in [-0.25, -0.2) is 0 Å². The van der Waals surface area contributed by atoms with Gasteiger partial charge in [-0.05, 0) is 25.8 Å². The van der Waals surface area contributed by atoms with Crippen molar-refractivity contribution in [3.8, 4) is 0 Å². The van der Waals surface area contributed by atoms with E-state index in [9.17, 15) is 0 Å². The van der Waals surface area contributed by atoms with E-state index < -0.39 is 0 Å². The Balaban J connectivity index is 3.28. The minimum atomic E-state index is 0.415. The molecular formula is C13H29NO. The second kappa shape index (κ2) is 12.0. The van der Waals surface area contributed by atoms with Crippen molar-refractivity contribution in [3.05, 3.63) is 0 Å². The maximum Gasteiger partial charge on any atom is 0.0696 e. The summed E-state index contributed by atoms with van der Waals surface area (Å²) in [5.41, 5.74) is 0. The zero-order valence-corrected chi connectivity index (χ0v) is 10.8. The topological polar surface area (TPSA) is 21.3 Å². The molecule has 1 unspecified atom stereocenters. The molecule has 1 N–H and O–H groups in total. The summed E-state index contributed by atoms with van der Waals surface area (Å²) in [7, 11) is 0. The third-order valence-corrected chi connectivity index (χ3v) is 2.61. The van der Waals surface area contributed by atoms with Gasteiger partial charge < -0.3 is 10.1 Å². The zero-order valence-electron chi connectivity index (χ0n) is 10.8. The zero-order chi connectivity index (χ0) is 11.4. The van der Waals surface area contributed by atoms with Crippen LogP contribution in [0.5, 0.6) is 0 Å². The van der Waals surface area contributed by atoms with Crippen LogP contribution in [0.25, 0.3) is 0 Å². The maximum absolute atomic E-state index is 5.82. The van der Waals surface area contributed by atoms with Crippen molar-refractivity contribution in [1.82, 2.24) is 5.32 Å². The predicted molar refractivity (Wildman–Crippen MR) is 67.3 cm³/mol. The van der Waals surface area contributed by atoms with Gasteiger partial charge in [0.25, 0.3) is 0 Å². The quantitative estimate of drug-likeness (QED) is 0.534. The number of rotatable bonds is 11. The molecule has 1 atom stereocenters. The number of nitrogens with one attached hydrogen (secondary N) is 1. The Morgan fingerprint density at radius 2 is 1.80 bits per heavy atom. The van der Waals surface area contributed by atoms with Gasteiger partial charge in [0.2, 0.25) is 0 Å². The van der Waals surface area contributed by atoms with Crippen LogP contribution in [-0.2, 0) is 4.74 Å². The number of ether oxygens (including phenoxy) is 1. The lowest BCUT2D eigenvalue weighted by Crippen LogP contribution is -2.29. The van der Waals surface area contributed by atoms with Crippen LogP contribution in [0.15, 0.2) is 0 Å². The van der Waals surface area contributed by atoms with E-state index in [1.165, 1.54) is 32.1 Å². The summed E-state index contributed by atoms with van der Waals surface area (Å²) < 4.78 is 5.82. The van der Waals surface area contributed by atoms with Crippen LogP contribution in [0.3, 0.4) is 0 Å². The molecule has 0 fully saturated rings. The van der Waals surface area contributed by atoms with E-state index in [-0.39, 0.29) is 0 Å². The van der Waals surface area contributed by atoms with E-state index in [2.05, 4.69) is 26.1 Å². The van der Waals surface area contributed by atoms with E-state index in [0.29, 0.717) is 6.10 Å². The summed E-state index contributed by atoms with van der Waals surface area (Å²) >= 11 is 0. The van der Waals surface area contributed by atoms with Crippen LogP contribution in [0.1, 0.15) is 59.3 Å². The van der Waals surface area contributed by atoms with Crippen molar-refractivity contribution in [3.63, 3.8) is 0 Å². The van der Waals surface area contributed by atoms with Crippen LogP contribution in [0.4, 0.5) is 0 Å². The van der Waals surface area contributed by atoms with E-state index in [0.717, 1.165) is 26.1 Å². The molecule has 0 aromatic heterocycles. The number of hydrogen-bond donors (Lipinski definition) is 1. The van der Waals surface area contributed by atoms with Gasteiger partial charge in [-0.15, -0.1) is 0 Å². The summed E-state index contributed by atoms with van der Waals surface area (Å²) in [5.74, 6) is 0. The first-order chi connectivity index (χ1) is 7.35. The van der Waals surface area contributed by atoms with E-state index >= 15 is 0 Å². The summed E-state index contributed by atoms with van der Waals surface area (Å²) in [6.07, 6.45) is 7.91. The van der Waals surface area contributed by atoms with E-state index in [1.807, 2.05) is 0 Å². The van der Waals surface area contributed by atoms with Gasteiger partial charge >= 0.3 is 0 Å². The van der Waals surface area contributed by atoms with Gasteiger partial charge in [-0.3, -0.25) is 0 Å². The van der Waals surface area contributed by atoms with Crippen LogP contribution in [0, 0.1) is 0 Å². The van der Waals surface area contributed by atoms with Gasteiger partial charge in [0.1, 0.15) is 0 Å². The van der Waals surface area contributed by atoms with Crippen molar-refractivity contribution in [2.24, 2.45) is 0 Å². The van der Waals surface area contributed by atoms with E-state index in [4.69, 9.17) is 4.74 Å². The molecule has 2 nitrogen and oxygen atoms in total. The third-order valence-electron chi connectivity index (χ3n) is 2.61. The molecule has 0 aliphatic rings. The molecule has 0 bridgehead atoms. The highest BCUT2D eigenvalue weighted by Gasteiger charge is 2.04. The minimum Gasteiger partial charge on any atom is -0.377 e. The Labute approximate surface area is 95.8 Å². The maximum atomic E-state index is 5.82. The van der Waals surface area contributed by atoms with Crippen LogP contribution in [0.2, 0.25) is 0 Å². The van der Waals surface area contributed by atoms with Gasteiger partial charge in [0, 0.05) is 13.2 Å². The van der Waals surface area contributed by atoms with Crippen molar-refractivity contribution in [2.45, 2.75) is 65.4 Å². The molecule has 0 spiro atoms. The fraction of sp³-hybridized carbons (Fsp3) is 1.00. The summed E-state index contributed by atoms with van der Waals surface area (Å²) in [5, 5.41) is 3.41. The van der Waals surface area contributed by atoms with Crippen LogP contribution < -0.4 is 5.32 Å². The predicted octanol–water partition coefficient (Wildman–Crippen LogP) is 3.36. The SMILES string of the molecule is CCCCCCOC(CC)CNCCC. The second-order valence-corrected chi connectivity index (χ2v) is 4.17. The molecule has 0 amide bonds. The summed E-state index contributed by atoms with van der Waals surface area (Å²) in [4.78, 5) is 0. The second-order valence-electron chi connectivity index (χ2n) is 4.17. The Hall–Kier alpha value is -0.0800. The minimum absolute atomic E-state index is 0.415. The lowest BCUT2D eigenvalue weighted by Gasteiger charge is -2.16. The van der Waals surface area contributed by atoms with Gasteiger partial charge in [-0.1, -0.05) is 40.0 Å². The highest BCUT2D eigenvalue weighted by molar-refractivity contribution is 4.59. The largest absolute Gasteiger partial charge is 0.377 e. The number of unbranched alkanes of at least 4 members (excludes halogenated alkanes) is 3. The highest BCUT2D eigenvalue weighted by atomic mass is 16.5. The first-order valence-electron chi connectivity index (χ1n) is 6.67. The van der Waals surface area contributed by atoms with Gasteiger partial charge in [0.05, 0.1) is 6.10 Å². The molecule has 0 heterocycles. The van der Waals surface area contributed by atoms with Gasteiger partial charge in [-0.2, -0.15) is 0 Å². The standard InChI is InChI=1S/C13H29NO/c1-4-7-8-9-11-15-13(6-3)12-14-10-5-2/h13-14H,4-12H2,1-3H3. The lowest BCUT2D eigenvalue weighted by molar-refractivity contribution is 0.0483. The molecule has 0 aliphatic heterocycles. The molecular weight excluding hydrogens is 186 g/mol. The Kier molecular flexibility index (Phi) is 11.9. The first-order valence-corrected chi connectivity index (χ1v) is 6.67. The van der Waals surface area contributed by atoms with Crippen molar-refractivity contribution in [2.75, 3.05) is 19.7 Å². The molecule has 15 heavy (non-hydrogen) atoms. The summed E-state index contributed by atoms with van der Waals surface area (Å²) in [6.45, 7) is 9.69.